The van der Waals surface area contributed by atoms with Gasteiger partial charge in [-0.2, -0.15) is 0 Å². The summed E-state index contributed by atoms with van der Waals surface area (Å²) in [5.41, 5.74) is -0.466. The monoisotopic (exact) mass is 172 g/mol. The molecule has 2 nitrogen and oxygen atoms in total. The minimum absolute atomic E-state index is 0.376. The van der Waals surface area contributed by atoms with E-state index in [2.05, 4.69) is 20.8 Å². The zero-order chi connectivity index (χ0) is 9.19. The van der Waals surface area contributed by atoms with Gasteiger partial charge in [0, 0.05) is 13.2 Å². The van der Waals surface area contributed by atoms with Crippen LogP contribution in [0.15, 0.2) is 0 Å². The molecule has 12 heavy (non-hydrogen) atoms. The van der Waals surface area contributed by atoms with Crippen LogP contribution in [0.25, 0.3) is 0 Å². The fourth-order valence-electron chi connectivity index (χ4n) is 1.80. The van der Waals surface area contributed by atoms with Crippen LogP contribution in [0.2, 0.25) is 0 Å². The summed E-state index contributed by atoms with van der Waals surface area (Å²) in [6.07, 6.45) is 1.60. The van der Waals surface area contributed by atoms with Gasteiger partial charge in [-0.25, -0.2) is 0 Å². The van der Waals surface area contributed by atoms with E-state index >= 15 is 0 Å². The van der Waals surface area contributed by atoms with Gasteiger partial charge in [-0.05, 0) is 24.7 Å². The fraction of sp³-hybridized carbons (Fsp3) is 1.00. The maximum atomic E-state index is 10.2. The van der Waals surface area contributed by atoms with Crippen molar-refractivity contribution in [2.24, 2.45) is 11.8 Å². The molecular weight excluding hydrogens is 152 g/mol. The lowest BCUT2D eigenvalue weighted by Gasteiger charge is -2.39. The molecular formula is C10H20O2. The second kappa shape index (κ2) is 3.75. The van der Waals surface area contributed by atoms with Gasteiger partial charge in [0.1, 0.15) is 0 Å². The molecule has 1 aliphatic rings. The van der Waals surface area contributed by atoms with E-state index in [9.17, 15) is 5.11 Å². The second-order valence-electron chi connectivity index (χ2n) is 4.25. The molecule has 1 N–H and O–H groups in total. The lowest BCUT2D eigenvalue weighted by atomic mass is 9.76. The van der Waals surface area contributed by atoms with Crippen molar-refractivity contribution in [3.63, 3.8) is 0 Å². The molecule has 0 saturated carbocycles. The molecule has 1 unspecified atom stereocenters. The van der Waals surface area contributed by atoms with Crippen LogP contribution in [0.5, 0.6) is 0 Å². The molecule has 1 rings (SSSR count). The highest BCUT2D eigenvalue weighted by molar-refractivity contribution is 4.87. The molecule has 1 saturated heterocycles. The van der Waals surface area contributed by atoms with Gasteiger partial charge in [-0.15, -0.1) is 0 Å². The molecule has 0 spiro atoms. The molecule has 0 aromatic carbocycles. The minimum atomic E-state index is -0.466. The van der Waals surface area contributed by atoms with Crippen LogP contribution in [0.3, 0.4) is 0 Å². The summed E-state index contributed by atoms with van der Waals surface area (Å²) in [5.74, 6) is 0.925. The van der Waals surface area contributed by atoms with Crippen LogP contribution in [0, 0.1) is 11.8 Å². The van der Waals surface area contributed by atoms with Crippen molar-refractivity contribution in [3.8, 4) is 0 Å². The Balaban J connectivity index is 2.56. The van der Waals surface area contributed by atoms with E-state index in [1.54, 1.807) is 0 Å². The molecule has 1 atom stereocenters. The zero-order valence-corrected chi connectivity index (χ0v) is 8.34. The van der Waals surface area contributed by atoms with Crippen LogP contribution in [0.4, 0.5) is 0 Å². The van der Waals surface area contributed by atoms with E-state index in [0.717, 1.165) is 12.8 Å². The molecule has 1 heterocycles. The van der Waals surface area contributed by atoms with Crippen molar-refractivity contribution in [3.05, 3.63) is 0 Å². The molecule has 0 aromatic heterocycles. The number of aliphatic hydroxyl groups is 1. The Bertz CT molecular complexity index is 137. The summed E-state index contributed by atoms with van der Waals surface area (Å²) in [4.78, 5) is 0. The number of hydrogen-bond acceptors (Lipinski definition) is 2. The van der Waals surface area contributed by atoms with Crippen molar-refractivity contribution in [2.75, 3.05) is 13.2 Å². The van der Waals surface area contributed by atoms with Crippen molar-refractivity contribution in [1.82, 2.24) is 0 Å². The summed E-state index contributed by atoms with van der Waals surface area (Å²) in [5, 5.41) is 10.2. The summed E-state index contributed by atoms with van der Waals surface area (Å²) in [6.45, 7) is 7.90. The Morgan fingerprint density at radius 1 is 1.17 bits per heavy atom. The molecule has 0 amide bonds. The van der Waals surface area contributed by atoms with Gasteiger partial charge in [-0.3, -0.25) is 0 Å². The van der Waals surface area contributed by atoms with E-state index in [1.807, 2.05) is 0 Å². The second-order valence-corrected chi connectivity index (χ2v) is 4.25. The van der Waals surface area contributed by atoms with Gasteiger partial charge < -0.3 is 9.84 Å². The van der Waals surface area contributed by atoms with Gasteiger partial charge in [0.15, 0.2) is 0 Å². The Kier molecular flexibility index (Phi) is 3.13. The number of ether oxygens (including phenoxy) is 1. The summed E-state index contributed by atoms with van der Waals surface area (Å²) in [6, 6.07) is 0. The molecule has 72 valence electrons. The highest BCUT2D eigenvalue weighted by atomic mass is 16.5. The maximum absolute atomic E-state index is 10.2. The summed E-state index contributed by atoms with van der Waals surface area (Å²) >= 11 is 0. The van der Waals surface area contributed by atoms with Gasteiger partial charge >= 0.3 is 0 Å². The lowest BCUT2D eigenvalue weighted by molar-refractivity contribution is -0.105. The highest BCUT2D eigenvalue weighted by Crippen LogP contribution is 2.33. The molecule has 1 aliphatic heterocycles. The van der Waals surface area contributed by atoms with Crippen LogP contribution in [0.1, 0.15) is 33.6 Å². The quantitative estimate of drug-likeness (QED) is 0.688. The van der Waals surface area contributed by atoms with Crippen molar-refractivity contribution in [2.45, 2.75) is 39.2 Å². The fourth-order valence-corrected chi connectivity index (χ4v) is 1.80. The van der Waals surface area contributed by atoms with Crippen molar-refractivity contribution < 1.29 is 9.84 Å². The summed E-state index contributed by atoms with van der Waals surface area (Å²) in [7, 11) is 0. The van der Waals surface area contributed by atoms with Crippen LogP contribution in [-0.2, 0) is 4.74 Å². The first-order chi connectivity index (χ1) is 5.56. The van der Waals surface area contributed by atoms with Crippen LogP contribution in [-0.4, -0.2) is 23.9 Å². The van der Waals surface area contributed by atoms with Gasteiger partial charge in [-0.1, -0.05) is 20.8 Å². The maximum Gasteiger partial charge on any atom is 0.0719 e. The predicted molar refractivity (Wildman–Crippen MR) is 49.0 cm³/mol. The van der Waals surface area contributed by atoms with Gasteiger partial charge in [0.05, 0.1) is 5.60 Å². The number of hydrogen-bond donors (Lipinski definition) is 1. The van der Waals surface area contributed by atoms with E-state index in [1.165, 1.54) is 0 Å². The van der Waals surface area contributed by atoms with Gasteiger partial charge in [0.25, 0.3) is 0 Å². The Morgan fingerprint density at radius 3 is 2.08 bits per heavy atom. The first-order valence-corrected chi connectivity index (χ1v) is 4.86. The largest absolute Gasteiger partial charge is 0.389 e. The first kappa shape index (κ1) is 10.0. The highest BCUT2D eigenvalue weighted by Gasteiger charge is 2.36. The Morgan fingerprint density at radius 2 is 1.67 bits per heavy atom. The molecule has 0 radical (unpaired) electrons. The van der Waals surface area contributed by atoms with Crippen molar-refractivity contribution in [1.29, 1.82) is 0 Å². The summed E-state index contributed by atoms with van der Waals surface area (Å²) < 4.78 is 5.23. The average Bonchev–Trinajstić information content (AvgIpc) is 2.04. The van der Waals surface area contributed by atoms with Gasteiger partial charge in [0.2, 0.25) is 0 Å². The molecule has 1 fully saturated rings. The average molecular weight is 172 g/mol. The predicted octanol–water partition coefficient (Wildman–Crippen LogP) is 1.82. The SMILES string of the molecule is CC(C)C(C)C1(O)CCOCC1. The van der Waals surface area contributed by atoms with E-state index in [4.69, 9.17) is 4.74 Å². The third kappa shape index (κ3) is 1.99. The topological polar surface area (TPSA) is 29.5 Å². The molecule has 0 bridgehead atoms. The lowest BCUT2D eigenvalue weighted by Crippen LogP contribution is -2.44. The Labute approximate surface area is 74.9 Å². The minimum Gasteiger partial charge on any atom is -0.389 e. The third-order valence-electron chi connectivity index (χ3n) is 3.21. The smallest absolute Gasteiger partial charge is 0.0719 e. The third-order valence-corrected chi connectivity index (χ3v) is 3.21. The number of rotatable bonds is 2. The Hall–Kier alpha value is -0.0800. The molecule has 0 aliphatic carbocycles. The normalized spacial score (nSPS) is 25.8. The van der Waals surface area contributed by atoms with Crippen LogP contribution >= 0.6 is 0 Å². The standard InChI is InChI=1S/C10H20O2/c1-8(2)9(3)10(11)4-6-12-7-5-10/h8-9,11H,4-7H2,1-3H3. The molecule has 2 heteroatoms. The first-order valence-electron chi connectivity index (χ1n) is 4.86. The van der Waals surface area contributed by atoms with Crippen LogP contribution < -0.4 is 0 Å². The van der Waals surface area contributed by atoms with E-state index in [-0.39, 0.29) is 0 Å². The van der Waals surface area contributed by atoms with Crippen molar-refractivity contribution >= 4 is 0 Å². The molecule has 0 aromatic rings. The van der Waals surface area contributed by atoms with E-state index < -0.39 is 5.60 Å². The zero-order valence-electron chi connectivity index (χ0n) is 8.34. The van der Waals surface area contributed by atoms with E-state index in [0.29, 0.717) is 25.0 Å².